The van der Waals surface area contributed by atoms with Crippen LogP contribution in [0.2, 0.25) is 0 Å². The Bertz CT molecular complexity index is 321. The SMILES string of the molecule is CCC(C)CC(C)CCNC(=O)c1ccsc1. The lowest BCUT2D eigenvalue weighted by atomic mass is 9.93. The minimum Gasteiger partial charge on any atom is -0.352 e. The number of rotatable bonds is 7. The highest BCUT2D eigenvalue weighted by Gasteiger charge is 2.09. The molecule has 1 aromatic rings. The third kappa shape index (κ3) is 5.35. The second kappa shape index (κ2) is 7.49. The van der Waals surface area contributed by atoms with Gasteiger partial charge in [0.15, 0.2) is 0 Å². The molecule has 0 fully saturated rings. The molecule has 0 saturated heterocycles. The lowest BCUT2D eigenvalue weighted by Crippen LogP contribution is -2.25. The predicted molar refractivity (Wildman–Crippen MR) is 74.5 cm³/mol. The van der Waals surface area contributed by atoms with Crippen molar-refractivity contribution in [3.05, 3.63) is 22.4 Å². The van der Waals surface area contributed by atoms with E-state index in [0.717, 1.165) is 24.4 Å². The Hall–Kier alpha value is -0.830. The first-order chi connectivity index (χ1) is 8.13. The summed E-state index contributed by atoms with van der Waals surface area (Å²) in [4.78, 5) is 11.7. The number of carbonyl (C=O) groups excluding carboxylic acids is 1. The highest BCUT2D eigenvalue weighted by molar-refractivity contribution is 7.08. The molecule has 0 radical (unpaired) electrons. The maximum atomic E-state index is 11.7. The van der Waals surface area contributed by atoms with Crippen molar-refractivity contribution in [2.45, 2.75) is 40.0 Å². The van der Waals surface area contributed by atoms with E-state index in [1.165, 1.54) is 12.8 Å². The van der Waals surface area contributed by atoms with Crippen LogP contribution in [0.15, 0.2) is 16.8 Å². The average molecular weight is 253 g/mol. The van der Waals surface area contributed by atoms with Crippen molar-refractivity contribution in [2.75, 3.05) is 6.54 Å². The second-order valence-corrected chi connectivity index (χ2v) is 5.69. The summed E-state index contributed by atoms with van der Waals surface area (Å²) in [6.07, 6.45) is 3.57. The van der Waals surface area contributed by atoms with Gasteiger partial charge in [-0.2, -0.15) is 11.3 Å². The number of hydrogen-bond donors (Lipinski definition) is 1. The molecule has 0 saturated carbocycles. The van der Waals surface area contributed by atoms with E-state index in [0.29, 0.717) is 5.92 Å². The van der Waals surface area contributed by atoms with Crippen LogP contribution in [0.3, 0.4) is 0 Å². The van der Waals surface area contributed by atoms with Crippen molar-refractivity contribution in [1.82, 2.24) is 5.32 Å². The van der Waals surface area contributed by atoms with Crippen LogP contribution in [0.4, 0.5) is 0 Å². The zero-order valence-corrected chi connectivity index (χ0v) is 11.8. The van der Waals surface area contributed by atoms with Gasteiger partial charge in [-0.3, -0.25) is 4.79 Å². The molecule has 2 nitrogen and oxygen atoms in total. The first-order valence-corrected chi connectivity index (χ1v) is 7.38. The van der Waals surface area contributed by atoms with Gasteiger partial charge in [0.05, 0.1) is 0 Å². The predicted octanol–water partition coefficient (Wildman–Crippen LogP) is 3.94. The zero-order chi connectivity index (χ0) is 12.7. The first kappa shape index (κ1) is 14.2. The molecule has 0 aromatic carbocycles. The molecule has 0 aliphatic rings. The lowest BCUT2D eigenvalue weighted by Gasteiger charge is -2.15. The summed E-state index contributed by atoms with van der Waals surface area (Å²) in [6.45, 7) is 7.57. The molecule has 2 unspecified atom stereocenters. The largest absolute Gasteiger partial charge is 0.352 e. The normalized spacial score (nSPS) is 14.3. The third-order valence-electron chi connectivity index (χ3n) is 3.21. The fraction of sp³-hybridized carbons (Fsp3) is 0.643. The molecule has 0 bridgehead atoms. The highest BCUT2D eigenvalue weighted by atomic mass is 32.1. The van der Waals surface area contributed by atoms with Gasteiger partial charge in [0.1, 0.15) is 0 Å². The standard InChI is InChI=1S/C14H23NOS/c1-4-11(2)9-12(3)5-7-15-14(16)13-6-8-17-10-13/h6,8,10-12H,4-5,7,9H2,1-3H3,(H,15,16). The van der Waals surface area contributed by atoms with Crippen LogP contribution in [-0.4, -0.2) is 12.5 Å². The summed E-state index contributed by atoms with van der Waals surface area (Å²) in [6, 6.07) is 1.86. The van der Waals surface area contributed by atoms with Gasteiger partial charge in [0, 0.05) is 17.5 Å². The molecule has 3 heteroatoms. The van der Waals surface area contributed by atoms with Crippen LogP contribution in [0.25, 0.3) is 0 Å². The molecule has 96 valence electrons. The van der Waals surface area contributed by atoms with E-state index in [2.05, 4.69) is 26.1 Å². The van der Waals surface area contributed by atoms with E-state index in [-0.39, 0.29) is 5.91 Å². The summed E-state index contributed by atoms with van der Waals surface area (Å²) in [5, 5.41) is 6.79. The van der Waals surface area contributed by atoms with Crippen molar-refractivity contribution >= 4 is 17.2 Å². The first-order valence-electron chi connectivity index (χ1n) is 6.43. The molecule has 1 aromatic heterocycles. The summed E-state index contributed by atoms with van der Waals surface area (Å²) in [5.74, 6) is 1.53. The van der Waals surface area contributed by atoms with E-state index in [1.54, 1.807) is 11.3 Å². The maximum Gasteiger partial charge on any atom is 0.252 e. The minimum absolute atomic E-state index is 0.0574. The fourth-order valence-electron chi connectivity index (χ4n) is 1.90. The Labute approximate surface area is 108 Å². The number of amides is 1. The lowest BCUT2D eigenvalue weighted by molar-refractivity contribution is 0.0951. The van der Waals surface area contributed by atoms with Crippen LogP contribution in [-0.2, 0) is 0 Å². The van der Waals surface area contributed by atoms with Crippen molar-refractivity contribution in [3.63, 3.8) is 0 Å². The number of hydrogen-bond acceptors (Lipinski definition) is 2. The number of carbonyl (C=O) groups is 1. The van der Waals surface area contributed by atoms with E-state index >= 15 is 0 Å². The van der Waals surface area contributed by atoms with Crippen LogP contribution in [0.1, 0.15) is 50.4 Å². The molecular formula is C14H23NOS. The Morgan fingerprint density at radius 1 is 1.41 bits per heavy atom. The van der Waals surface area contributed by atoms with E-state index < -0.39 is 0 Å². The Morgan fingerprint density at radius 2 is 2.18 bits per heavy atom. The smallest absolute Gasteiger partial charge is 0.252 e. The summed E-state index contributed by atoms with van der Waals surface area (Å²) < 4.78 is 0. The topological polar surface area (TPSA) is 29.1 Å². The molecule has 17 heavy (non-hydrogen) atoms. The second-order valence-electron chi connectivity index (χ2n) is 4.91. The Kier molecular flexibility index (Phi) is 6.27. The van der Waals surface area contributed by atoms with Gasteiger partial charge in [-0.1, -0.05) is 27.2 Å². The van der Waals surface area contributed by atoms with Crippen LogP contribution in [0, 0.1) is 11.8 Å². The summed E-state index contributed by atoms with van der Waals surface area (Å²) in [7, 11) is 0. The van der Waals surface area contributed by atoms with Crippen LogP contribution in [0.5, 0.6) is 0 Å². The molecule has 2 atom stereocenters. The van der Waals surface area contributed by atoms with Crippen molar-refractivity contribution in [2.24, 2.45) is 11.8 Å². The van der Waals surface area contributed by atoms with E-state index in [1.807, 2.05) is 16.8 Å². The van der Waals surface area contributed by atoms with Gasteiger partial charge in [0.25, 0.3) is 5.91 Å². The zero-order valence-electron chi connectivity index (χ0n) is 11.0. The van der Waals surface area contributed by atoms with Gasteiger partial charge in [-0.15, -0.1) is 0 Å². The monoisotopic (exact) mass is 253 g/mol. The molecule has 0 aliphatic heterocycles. The molecule has 0 aliphatic carbocycles. The summed E-state index contributed by atoms with van der Waals surface area (Å²) >= 11 is 1.56. The van der Waals surface area contributed by atoms with Crippen molar-refractivity contribution in [1.29, 1.82) is 0 Å². The number of thiophene rings is 1. The molecule has 1 N–H and O–H groups in total. The van der Waals surface area contributed by atoms with Gasteiger partial charge < -0.3 is 5.32 Å². The quantitative estimate of drug-likeness (QED) is 0.783. The van der Waals surface area contributed by atoms with Gasteiger partial charge in [0.2, 0.25) is 0 Å². The van der Waals surface area contributed by atoms with E-state index in [4.69, 9.17) is 0 Å². The van der Waals surface area contributed by atoms with Gasteiger partial charge in [-0.05, 0) is 36.1 Å². The number of nitrogens with one attached hydrogen (secondary N) is 1. The molecule has 1 amide bonds. The summed E-state index contributed by atoms with van der Waals surface area (Å²) in [5.41, 5.74) is 0.782. The highest BCUT2D eigenvalue weighted by Crippen LogP contribution is 2.17. The van der Waals surface area contributed by atoms with Crippen molar-refractivity contribution in [3.8, 4) is 0 Å². The average Bonchev–Trinajstić information content (AvgIpc) is 2.82. The van der Waals surface area contributed by atoms with Crippen molar-refractivity contribution < 1.29 is 4.79 Å². The van der Waals surface area contributed by atoms with Crippen LogP contribution < -0.4 is 5.32 Å². The molecular weight excluding hydrogens is 230 g/mol. The molecule has 1 heterocycles. The Balaban J connectivity index is 2.17. The van der Waals surface area contributed by atoms with Crippen LogP contribution >= 0.6 is 11.3 Å². The van der Waals surface area contributed by atoms with Gasteiger partial charge >= 0.3 is 0 Å². The third-order valence-corrected chi connectivity index (χ3v) is 3.89. The van der Waals surface area contributed by atoms with E-state index in [9.17, 15) is 4.79 Å². The minimum atomic E-state index is 0.0574. The van der Waals surface area contributed by atoms with Gasteiger partial charge in [-0.25, -0.2) is 0 Å². The Morgan fingerprint density at radius 3 is 2.76 bits per heavy atom. The molecule has 1 rings (SSSR count). The fourth-order valence-corrected chi connectivity index (χ4v) is 2.54. The molecule has 0 spiro atoms. The maximum absolute atomic E-state index is 11.7.